The third kappa shape index (κ3) is 9.12. The second-order valence-electron chi connectivity index (χ2n) is 12.0. The minimum absolute atomic E-state index is 0.0958. The Morgan fingerprint density at radius 3 is 1.67 bits per heavy atom. The van der Waals surface area contributed by atoms with Gasteiger partial charge in [-0.1, -0.05) is 111 Å². The fourth-order valence-corrected chi connectivity index (χ4v) is 4.90. The van der Waals surface area contributed by atoms with Crippen molar-refractivity contribution in [3.63, 3.8) is 0 Å². The van der Waals surface area contributed by atoms with Gasteiger partial charge in [0, 0.05) is 11.8 Å². The van der Waals surface area contributed by atoms with Crippen LogP contribution in [0.5, 0.6) is 0 Å². The average molecular weight is 587 g/mol. The van der Waals surface area contributed by atoms with Gasteiger partial charge in [0.1, 0.15) is 11.7 Å². The Bertz CT molecular complexity index is 1200. The average Bonchev–Trinajstić information content (AvgIpc) is 3.00. The number of aliphatic hydroxyl groups excluding tert-OH is 1. The number of rotatable bonds is 14. The first kappa shape index (κ1) is 33.8. The zero-order valence-electron chi connectivity index (χ0n) is 26.2. The maximum atomic E-state index is 12.6. The molecular formula is C37H46O6. The third-order valence-electron chi connectivity index (χ3n) is 7.40. The molecule has 43 heavy (non-hydrogen) atoms. The van der Waals surface area contributed by atoms with Gasteiger partial charge in [-0.25, -0.2) is 0 Å². The van der Waals surface area contributed by atoms with Crippen molar-refractivity contribution < 1.29 is 28.9 Å². The van der Waals surface area contributed by atoms with E-state index in [2.05, 4.69) is 36.4 Å². The molecule has 0 saturated carbocycles. The molecule has 0 aliphatic rings. The fraction of sp³-hybridized carbons (Fsp3) is 0.405. The van der Waals surface area contributed by atoms with E-state index in [4.69, 9.17) is 14.2 Å². The summed E-state index contributed by atoms with van der Waals surface area (Å²) < 4.78 is 17.6. The van der Waals surface area contributed by atoms with Gasteiger partial charge in [0.05, 0.1) is 31.2 Å². The highest BCUT2D eigenvalue weighted by atomic mass is 16.6. The predicted octanol–water partition coefficient (Wildman–Crippen LogP) is 7.10. The highest BCUT2D eigenvalue weighted by molar-refractivity contribution is 5.76. The van der Waals surface area contributed by atoms with Crippen LogP contribution in [0.25, 0.3) is 0 Å². The van der Waals surface area contributed by atoms with E-state index in [1.807, 2.05) is 68.4 Å². The molecule has 0 aliphatic heterocycles. The first-order valence-electron chi connectivity index (χ1n) is 15.0. The lowest BCUT2D eigenvalue weighted by Gasteiger charge is -2.37. The molecule has 3 aromatic rings. The third-order valence-corrected chi connectivity index (χ3v) is 7.40. The number of esters is 2. The second-order valence-corrected chi connectivity index (χ2v) is 12.0. The van der Waals surface area contributed by atoms with Crippen molar-refractivity contribution >= 4 is 11.9 Å². The Morgan fingerprint density at radius 1 is 0.791 bits per heavy atom. The standard InChI is InChI=1S/C37H46O6/c1-7-41-33(38)25-32(43-35(40)36(4,5)6)24-23-27(2)34(39)28(3)26-42-37(29-17-11-8-12-18-29,30-19-13-9-14-20-30)31-21-15-10-16-22-31/h8-24,27-28,32,34,39H,7,25-26H2,1-6H3/b24-23+/t27-,28-,32?,34-/m0/s1. The molecule has 0 amide bonds. The zero-order chi connectivity index (χ0) is 31.5. The molecular weight excluding hydrogens is 540 g/mol. The van der Waals surface area contributed by atoms with Crippen LogP contribution in [-0.4, -0.2) is 42.5 Å². The highest BCUT2D eigenvalue weighted by Gasteiger charge is 2.38. The monoisotopic (exact) mass is 586 g/mol. The quantitative estimate of drug-likeness (QED) is 0.123. The van der Waals surface area contributed by atoms with Crippen LogP contribution in [0.3, 0.4) is 0 Å². The van der Waals surface area contributed by atoms with E-state index in [9.17, 15) is 14.7 Å². The summed E-state index contributed by atoms with van der Waals surface area (Å²) in [6, 6.07) is 30.4. The summed E-state index contributed by atoms with van der Waals surface area (Å²) >= 11 is 0. The van der Waals surface area contributed by atoms with E-state index in [-0.39, 0.29) is 31.5 Å². The van der Waals surface area contributed by atoms with Crippen molar-refractivity contribution in [2.75, 3.05) is 13.2 Å². The van der Waals surface area contributed by atoms with E-state index in [1.54, 1.807) is 39.8 Å². The Kier molecular flexibility index (Phi) is 12.3. The molecule has 0 aliphatic carbocycles. The molecule has 6 nitrogen and oxygen atoms in total. The lowest BCUT2D eigenvalue weighted by molar-refractivity contribution is -0.159. The van der Waals surface area contributed by atoms with Gasteiger partial charge in [-0.2, -0.15) is 0 Å². The fourth-order valence-electron chi connectivity index (χ4n) is 4.90. The normalized spacial score (nSPS) is 15.0. The number of hydrogen-bond acceptors (Lipinski definition) is 6. The van der Waals surface area contributed by atoms with Crippen LogP contribution in [0.15, 0.2) is 103 Å². The number of aliphatic hydroxyl groups is 1. The summed E-state index contributed by atoms with van der Waals surface area (Å²) in [6.07, 6.45) is 1.80. The number of ether oxygens (including phenoxy) is 3. The molecule has 0 saturated heterocycles. The van der Waals surface area contributed by atoms with E-state index < -0.39 is 35.2 Å². The van der Waals surface area contributed by atoms with Crippen LogP contribution in [0, 0.1) is 17.3 Å². The lowest BCUT2D eigenvalue weighted by Crippen LogP contribution is -2.37. The summed E-state index contributed by atoms with van der Waals surface area (Å²) in [4.78, 5) is 24.7. The minimum atomic E-state index is -0.886. The van der Waals surface area contributed by atoms with Crippen molar-refractivity contribution in [2.45, 2.75) is 65.8 Å². The van der Waals surface area contributed by atoms with Gasteiger partial charge in [0.15, 0.2) is 0 Å². The Morgan fingerprint density at radius 2 is 1.26 bits per heavy atom. The van der Waals surface area contributed by atoms with Gasteiger partial charge < -0.3 is 19.3 Å². The van der Waals surface area contributed by atoms with Crippen LogP contribution in [0.1, 0.15) is 64.7 Å². The predicted molar refractivity (Wildman–Crippen MR) is 169 cm³/mol. The molecule has 0 spiro atoms. The van der Waals surface area contributed by atoms with Crippen LogP contribution >= 0.6 is 0 Å². The molecule has 0 radical (unpaired) electrons. The number of carbonyl (C=O) groups excluding carboxylic acids is 2. The van der Waals surface area contributed by atoms with Crippen molar-refractivity contribution in [1.29, 1.82) is 0 Å². The summed E-state index contributed by atoms with van der Waals surface area (Å²) in [5.74, 6) is -1.43. The molecule has 6 heteroatoms. The maximum Gasteiger partial charge on any atom is 0.311 e. The Hall–Kier alpha value is -3.74. The van der Waals surface area contributed by atoms with Gasteiger partial charge in [-0.3, -0.25) is 9.59 Å². The summed E-state index contributed by atoms with van der Waals surface area (Å²) in [7, 11) is 0. The zero-order valence-corrected chi connectivity index (χ0v) is 26.2. The first-order valence-corrected chi connectivity index (χ1v) is 15.0. The number of hydrogen-bond donors (Lipinski definition) is 1. The lowest BCUT2D eigenvalue weighted by atomic mass is 9.80. The molecule has 4 atom stereocenters. The van der Waals surface area contributed by atoms with Gasteiger partial charge in [-0.05, 0) is 50.5 Å². The molecule has 0 fully saturated rings. The van der Waals surface area contributed by atoms with Crippen molar-refractivity contribution in [2.24, 2.45) is 17.3 Å². The largest absolute Gasteiger partial charge is 0.466 e. The molecule has 0 heterocycles. The minimum Gasteiger partial charge on any atom is -0.466 e. The van der Waals surface area contributed by atoms with E-state index in [1.165, 1.54) is 0 Å². The highest BCUT2D eigenvalue weighted by Crippen LogP contribution is 2.41. The summed E-state index contributed by atoms with van der Waals surface area (Å²) in [6.45, 7) is 11.4. The number of benzene rings is 3. The molecule has 3 aromatic carbocycles. The van der Waals surface area contributed by atoms with Crippen LogP contribution in [0.4, 0.5) is 0 Å². The van der Waals surface area contributed by atoms with E-state index in [0.717, 1.165) is 16.7 Å². The maximum absolute atomic E-state index is 12.6. The van der Waals surface area contributed by atoms with Gasteiger partial charge in [0.2, 0.25) is 0 Å². The SMILES string of the molecule is CCOC(=O)CC(/C=C/[C@H](C)[C@H](O)[C@@H](C)COC(c1ccccc1)(c1ccccc1)c1ccccc1)OC(=O)C(C)(C)C. The Balaban J connectivity index is 1.83. The van der Waals surface area contributed by atoms with Crippen molar-refractivity contribution in [1.82, 2.24) is 0 Å². The molecule has 0 aromatic heterocycles. The van der Waals surface area contributed by atoms with Gasteiger partial charge in [0.25, 0.3) is 0 Å². The molecule has 0 bridgehead atoms. The first-order chi connectivity index (χ1) is 20.5. The van der Waals surface area contributed by atoms with Crippen LogP contribution < -0.4 is 0 Å². The van der Waals surface area contributed by atoms with Crippen molar-refractivity contribution in [3.8, 4) is 0 Å². The van der Waals surface area contributed by atoms with Crippen LogP contribution in [0.2, 0.25) is 0 Å². The van der Waals surface area contributed by atoms with Crippen molar-refractivity contribution in [3.05, 3.63) is 120 Å². The van der Waals surface area contributed by atoms with E-state index in [0.29, 0.717) is 0 Å². The van der Waals surface area contributed by atoms with Crippen LogP contribution in [-0.2, 0) is 29.4 Å². The molecule has 3 rings (SSSR count). The summed E-state index contributed by atoms with van der Waals surface area (Å²) in [5, 5.41) is 11.4. The molecule has 230 valence electrons. The second kappa shape index (κ2) is 15.6. The molecule has 1 unspecified atom stereocenters. The summed E-state index contributed by atoms with van der Waals surface area (Å²) in [5.41, 5.74) is 1.36. The van der Waals surface area contributed by atoms with E-state index >= 15 is 0 Å². The number of carbonyl (C=O) groups is 2. The van der Waals surface area contributed by atoms with Gasteiger partial charge >= 0.3 is 11.9 Å². The topological polar surface area (TPSA) is 82.1 Å². The smallest absolute Gasteiger partial charge is 0.311 e. The van der Waals surface area contributed by atoms with Gasteiger partial charge in [-0.15, -0.1) is 0 Å². The Labute approximate surface area is 256 Å². The molecule has 1 N–H and O–H groups in total.